The Morgan fingerprint density at radius 3 is 2.56 bits per heavy atom. The van der Waals surface area contributed by atoms with Crippen LogP contribution < -0.4 is 19.6 Å². The average molecular weight is 495 g/mol. The summed E-state index contributed by atoms with van der Waals surface area (Å²) < 4.78 is 17.6. The number of hydrogen-bond donors (Lipinski definition) is 1. The van der Waals surface area contributed by atoms with E-state index in [9.17, 15) is 4.79 Å². The molecule has 0 spiro atoms. The number of carbonyl (C=O) groups is 1. The fourth-order valence-electron chi connectivity index (χ4n) is 2.79. The highest BCUT2D eigenvalue weighted by Gasteiger charge is 2.11. The maximum Gasteiger partial charge on any atom is 0.271 e. The summed E-state index contributed by atoms with van der Waals surface area (Å²) in [6, 6.07) is 20.4. The molecule has 0 aromatic heterocycles. The van der Waals surface area contributed by atoms with Gasteiger partial charge in [0.15, 0.2) is 11.5 Å². The summed E-state index contributed by atoms with van der Waals surface area (Å²) >= 11 is 3.45. The van der Waals surface area contributed by atoms with Gasteiger partial charge < -0.3 is 14.2 Å². The van der Waals surface area contributed by atoms with Gasteiger partial charge in [-0.1, -0.05) is 58.9 Å². The van der Waals surface area contributed by atoms with Gasteiger partial charge >= 0.3 is 0 Å². The number of nitrogens with one attached hydrogen (secondary N) is 1. The van der Waals surface area contributed by atoms with Crippen molar-refractivity contribution in [3.8, 4) is 17.2 Å². The third kappa shape index (κ3) is 6.46. The van der Waals surface area contributed by atoms with Crippen LogP contribution in [-0.2, 0) is 6.61 Å². The Bertz CT molecular complexity index is 1100. The van der Waals surface area contributed by atoms with Gasteiger partial charge in [0.2, 0.25) is 0 Å². The number of carbonyl (C=O) groups excluding carboxylic acids is 1. The Kier molecular flexibility index (Phi) is 8.45. The molecule has 0 aliphatic rings. The number of rotatable bonds is 10. The van der Waals surface area contributed by atoms with E-state index >= 15 is 0 Å². The van der Waals surface area contributed by atoms with E-state index in [0.717, 1.165) is 15.6 Å². The minimum Gasteiger partial charge on any atom is -0.493 e. The fraction of sp³-hybridized carbons (Fsp3) is 0.120. The lowest BCUT2D eigenvalue weighted by Gasteiger charge is -2.11. The van der Waals surface area contributed by atoms with E-state index in [0.29, 0.717) is 36.0 Å². The topological polar surface area (TPSA) is 69.2 Å². The predicted octanol–water partition coefficient (Wildman–Crippen LogP) is 5.37. The molecule has 0 saturated heterocycles. The van der Waals surface area contributed by atoms with Crippen LogP contribution in [0, 0.1) is 0 Å². The highest BCUT2D eigenvalue weighted by Crippen LogP contribution is 2.28. The van der Waals surface area contributed by atoms with Gasteiger partial charge in [-0.25, -0.2) is 5.43 Å². The van der Waals surface area contributed by atoms with Crippen LogP contribution in [0.3, 0.4) is 0 Å². The summed E-state index contributed by atoms with van der Waals surface area (Å²) in [5.41, 5.74) is 4.70. The van der Waals surface area contributed by atoms with Crippen LogP contribution in [0.5, 0.6) is 17.2 Å². The second kappa shape index (κ2) is 11.7. The summed E-state index contributed by atoms with van der Waals surface area (Å²) in [7, 11) is 1.51. The van der Waals surface area contributed by atoms with Gasteiger partial charge in [-0.2, -0.15) is 5.10 Å². The van der Waals surface area contributed by atoms with Crippen molar-refractivity contribution in [1.82, 2.24) is 5.43 Å². The Hall–Kier alpha value is -3.58. The number of hydrazone groups is 1. The Morgan fingerprint density at radius 1 is 1.03 bits per heavy atom. The number of amides is 1. The van der Waals surface area contributed by atoms with E-state index in [1.807, 2.05) is 48.5 Å². The fourth-order valence-corrected chi connectivity index (χ4v) is 3.17. The van der Waals surface area contributed by atoms with Crippen LogP contribution in [0.15, 0.2) is 89.0 Å². The molecule has 0 radical (unpaired) electrons. The highest BCUT2D eigenvalue weighted by molar-refractivity contribution is 9.10. The molecule has 7 heteroatoms. The smallest absolute Gasteiger partial charge is 0.271 e. The number of hydrogen-bond acceptors (Lipinski definition) is 5. The molecule has 0 atom stereocenters. The quantitative estimate of drug-likeness (QED) is 0.234. The molecule has 1 N–H and O–H groups in total. The van der Waals surface area contributed by atoms with Gasteiger partial charge in [-0.05, 0) is 42.0 Å². The molecule has 0 aliphatic heterocycles. The normalized spacial score (nSPS) is 10.6. The number of halogens is 1. The molecule has 0 saturated carbocycles. The second-order valence-electron chi connectivity index (χ2n) is 6.62. The molecule has 3 aromatic carbocycles. The minimum atomic E-state index is -0.378. The standard InChI is InChI=1S/C25H23BrN2O4/c1-3-13-31-23-11-9-19(15-24(23)30-2)25(29)28-27-16-20-14-21(26)10-12-22(20)32-17-18-7-5-4-6-8-18/h3-12,14-16H,1,13,17H2,2H3,(H,28,29)/b27-16+. The molecule has 3 aromatic rings. The number of methoxy groups -OCH3 is 1. The second-order valence-corrected chi connectivity index (χ2v) is 7.54. The van der Waals surface area contributed by atoms with Crippen molar-refractivity contribution in [2.75, 3.05) is 13.7 Å². The van der Waals surface area contributed by atoms with Crippen molar-refractivity contribution in [3.05, 3.63) is 101 Å². The first-order chi connectivity index (χ1) is 15.6. The van der Waals surface area contributed by atoms with Crippen molar-refractivity contribution >= 4 is 28.1 Å². The monoisotopic (exact) mass is 494 g/mol. The maximum atomic E-state index is 12.5. The zero-order valence-electron chi connectivity index (χ0n) is 17.6. The van der Waals surface area contributed by atoms with Crippen LogP contribution >= 0.6 is 15.9 Å². The molecule has 164 valence electrons. The first kappa shape index (κ1) is 23.1. The lowest BCUT2D eigenvalue weighted by atomic mass is 10.2. The third-order valence-corrected chi connectivity index (χ3v) is 4.85. The zero-order chi connectivity index (χ0) is 22.8. The third-order valence-electron chi connectivity index (χ3n) is 4.36. The molecule has 0 unspecified atom stereocenters. The molecule has 3 rings (SSSR count). The molecule has 0 aliphatic carbocycles. The summed E-state index contributed by atoms with van der Waals surface area (Å²) in [5, 5.41) is 4.09. The largest absolute Gasteiger partial charge is 0.493 e. The van der Waals surface area contributed by atoms with Gasteiger partial charge in [0.1, 0.15) is 19.0 Å². The van der Waals surface area contributed by atoms with Gasteiger partial charge in [-0.3, -0.25) is 4.79 Å². The molecule has 0 fully saturated rings. The predicted molar refractivity (Wildman–Crippen MR) is 129 cm³/mol. The molecular formula is C25H23BrN2O4. The van der Waals surface area contributed by atoms with Crippen molar-refractivity contribution in [3.63, 3.8) is 0 Å². The van der Waals surface area contributed by atoms with Crippen LogP contribution in [-0.4, -0.2) is 25.8 Å². The first-order valence-electron chi connectivity index (χ1n) is 9.82. The molecule has 32 heavy (non-hydrogen) atoms. The highest BCUT2D eigenvalue weighted by atomic mass is 79.9. The van der Waals surface area contributed by atoms with Crippen molar-refractivity contribution in [1.29, 1.82) is 0 Å². The Balaban J connectivity index is 1.68. The van der Waals surface area contributed by atoms with Crippen LogP contribution in [0.4, 0.5) is 0 Å². The van der Waals surface area contributed by atoms with Crippen molar-refractivity contribution in [2.45, 2.75) is 6.61 Å². The van der Waals surface area contributed by atoms with Gasteiger partial charge in [0.05, 0.1) is 13.3 Å². The molecule has 0 bridgehead atoms. The van der Waals surface area contributed by atoms with Crippen molar-refractivity contribution < 1.29 is 19.0 Å². The van der Waals surface area contributed by atoms with Crippen LogP contribution in [0.25, 0.3) is 0 Å². The van der Waals surface area contributed by atoms with E-state index in [1.54, 1.807) is 30.5 Å². The number of benzene rings is 3. The van der Waals surface area contributed by atoms with Crippen LogP contribution in [0.2, 0.25) is 0 Å². The van der Waals surface area contributed by atoms with Crippen molar-refractivity contribution in [2.24, 2.45) is 5.10 Å². The number of nitrogens with zero attached hydrogens (tertiary/aromatic N) is 1. The van der Waals surface area contributed by atoms with E-state index < -0.39 is 0 Å². The lowest BCUT2D eigenvalue weighted by molar-refractivity contribution is 0.0954. The molecule has 6 nitrogen and oxygen atoms in total. The summed E-state index contributed by atoms with van der Waals surface area (Å²) in [6.07, 6.45) is 3.18. The number of ether oxygens (including phenoxy) is 3. The van der Waals surface area contributed by atoms with Gasteiger partial charge in [0, 0.05) is 15.6 Å². The Labute approximate surface area is 195 Å². The molecule has 1 amide bonds. The average Bonchev–Trinajstić information content (AvgIpc) is 2.82. The van der Waals surface area contributed by atoms with E-state index in [-0.39, 0.29) is 5.91 Å². The van der Waals surface area contributed by atoms with E-state index in [4.69, 9.17) is 14.2 Å². The lowest BCUT2D eigenvalue weighted by Crippen LogP contribution is -2.17. The van der Waals surface area contributed by atoms with E-state index in [1.165, 1.54) is 7.11 Å². The maximum absolute atomic E-state index is 12.5. The minimum absolute atomic E-state index is 0.341. The van der Waals surface area contributed by atoms with Gasteiger partial charge in [-0.15, -0.1) is 0 Å². The summed E-state index contributed by atoms with van der Waals surface area (Å²) in [4.78, 5) is 12.5. The summed E-state index contributed by atoms with van der Waals surface area (Å²) in [5.74, 6) is 1.26. The molecule has 0 heterocycles. The zero-order valence-corrected chi connectivity index (χ0v) is 19.2. The Morgan fingerprint density at radius 2 is 1.81 bits per heavy atom. The van der Waals surface area contributed by atoms with E-state index in [2.05, 4.69) is 33.0 Å². The first-order valence-corrected chi connectivity index (χ1v) is 10.6. The summed E-state index contributed by atoms with van der Waals surface area (Å²) in [6.45, 7) is 4.38. The molecular weight excluding hydrogens is 472 g/mol. The van der Waals surface area contributed by atoms with Gasteiger partial charge in [0.25, 0.3) is 5.91 Å². The SMILES string of the molecule is C=CCOc1ccc(C(=O)N/N=C/c2cc(Br)ccc2OCc2ccccc2)cc1OC. The van der Waals surface area contributed by atoms with Crippen LogP contribution in [0.1, 0.15) is 21.5 Å².